The van der Waals surface area contributed by atoms with Crippen molar-refractivity contribution in [3.8, 4) is 0 Å². The number of hydrogen-bond acceptors (Lipinski definition) is 2. The number of carbonyl (C=O) groups is 1. The van der Waals surface area contributed by atoms with Crippen molar-refractivity contribution in [2.45, 2.75) is 13.3 Å². The fourth-order valence-corrected chi connectivity index (χ4v) is 1.45. The summed E-state index contributed by atoms with van der Waals surface area (Å²) in [6.45, 7) is 5.62. The minimum atomic E-state index is -0.00578. The lowest BCUT2D eigenvalue weighted by Gasteiger charge is -2.11. The van der Waals surface area contributed by atoms with Gasteiger partial charge in [-0.05, 0) is 25.1 Å². The number of rotatable bonds is 2. The SMILES string of the molecule is C=CC1=NN(c2ccc(C)cc2)C(=O)C1. The number of aryl methyl sites for hydroxylation is 1. The lowest BCUT2D eigenvalue weighted by Crippen LogP contribution is -2.19. The van der Waals surface area contributed by atoms with Crippen LogP contribution in [0.3, 0.4) is 0 Å². The Morgan fingerprint density at radius 2 is 2.07 bits per heavy atom. The Balaban J connectivity index is 2.31. The number of anilines is 1. The van der Waals surface area contributed by atoms with Gasteiger partial charge in [0.15, 0.2) is 0 Å². The molecule has 0 fully saturated rings. The van der Waals surface area contributed by atoms with E-state index in [1.54, 1.807) is 6.08 Å². The van der Waals surface area contributed by atoms with E-state index >= 15 is 0 Å². The largest absolute Gasteiger partial charge is 0.272 e. The van der Waals surface area contributed by atoms with Gasteiger partial charge in [0.2, 0.25) is 0 Å². The first-order valence-corrected chi connectivity index (χ1v) is 4.80. The molecule has 1 aromatic carbocycles. The van der Waals surface area contributed by atoms with E-state index in [9.17, 15) is 4.79 Å². The Bertz CT molecular complexity index is 431. The van der Waals surface area contributed by atoms with Crippen molar-refractivity contribution in [2.75, 3.05) is 5.01 Å². The molecule has 3 nitrogen and oxygen atoms in total. The highest BCUT2D eigenvalue weighted by molar-refractivity contribution is 6.16. The zero-order valence-corrected chi connectivity index (χ0v) is 8.60. The molecule has 1 heterocycles. The first-order chi connectivity index (χ1) is 7.20. The lowest BCUT2D eigenvalue weighted by molar-refractivity contribution is -0.116. The van der Waals surface area contributed by atoms with Crippen molar-refractivity contribution in [3.05, 3.63) is 42.5 Å². The van der Waals surface area contributed by atoms with Crippen molar-refractivity contribution in [3.63, 3.8) is 0 Å². The van der Waals surface area contributed by atoms with Crippen molar-refractivity contribution in [1.29, 1.82) is 0 Å². The number of hydrazone groups is 1. The summed E-state index contributed by atoms with van der Waals surface area (Å²) in [6.07, 6.45) is 1.96. The molecule has 76 valence electrons. The highest BCUT2D eigenvalue weighted by atomic mass is 16.2. The van der Waals surface area contributed by atoms with Crippen LogP contribution in [-0.4, -0.2) is 11.6 Å². The van der Waals surface area contributed by atoms with Crippen LogP contribution in [0.25, 0.3) is 0 Å². The van der Waals surface area contributed by atoms with E-state index < -0.39 is 0 Å². The van der Waals surface area contributed by atoms with Crippen molar-refractivity contribution in [1.82, 2.24) is 0 Å². The Morgan fingerprint density at radius 1 is 1.40 bits per heavy atom. The summed E-state index contributed by atoms with van der Waals surface area (Å²) in [6, 6.07) is 7.71. The minimum Gasteiger partial charge on any atom is -0.272 e. The van der Waals surface area contributed by atoms with Gasteiger partial charge in [0.25, 0.3) is 5.91 Å². The smallest absolute Gasteiger partial charge is 0.253 e. The summed E-state index contributed by atoms with van der Waals surface area (Å²) in [5, 5.41) is 5.60. The molecule has 0 aliphatic carbocycles. The van der Waals surface area contributed by atoms with E-state index in [1.807, 2.05) is 31.2 Å². The van der Waals surface area contributed by atoms with Gasteiger partial charge < -0.3 is 0 Å². The summed E-state index contributed by atoms with van der Waals surface area (Å²) in [4.78, 5) is 11.6. The van der Waals surface area contributed by atoms with Gasteiger partial charge in [-0.15, -0.1) is 0 Å². The lowest BCUT2D eigenvalue weighted by atomic mass is 10.2. The third-order valence-electron chi connectivity index (χ3n) is 2.31. The highest BCUT2D eigenvalue weighted by Crippen LogP contribution is 2.20. The van der Waals surface area contributed by atoms with E-state index in [2.05, 4.69) is 11.7 Å². The molecule has 0 atom stereocenters. The summed E-state index contributed by atoms with van der Waals surface area (Å²) < 4.78 is 0. The average Bonchev–Trinajstić information content (AvgIpc) is 2.61. The quantitative estimate of drug-likeness (QED) is 0.720. The van der Waals surface area contributed by atoms with E-state index in [0.29, 0.717) is 6.42 Å². The van der Waals surface area contributed by atoms with Gasteiger partial charge in [-0.2, -0.15) is 5.10 Å². The molecule has 1 aromatic rings. The molecular weight excluding hydrogens is 188 g/mol. The molecule has 1 amide bonds. The highest BCUT2D eigenvalue weighted by Gasteiger charge is 2.23. The third-order valence-corrected chi connectivity index (χ3v) is 2.31. The number of amides is 1. The monoisotopic (exact) mass is 200 g/mol. The zero-order chi connectivity index (χ0) is 10.8. The van der Waals surface area contributed by atoms with E-state index in [-0.39, 0.29) is 5.91 Å². The molecule has 0 radical (unpaired) electrons. The van der Waals surface area contributed by atoms with Gasteiger partial charge in [-0.25, -0.2) is 5.01 Å². The van der Waals surface area contributed by atoms with Crippen LogP contribution in [0.15, 0.2) is 42.0 Å². The predicted octanol–water partition coefficient (Wildman–Crippen LogP) is 2.27. The number of hydrogen-bond donors (Lipinski definition) is 0. The van der Waals surface area contributed by atoms with E-state index in [0.717, 1.165) is 11.4 Å². The summed E-state index contributed by atoms with van der Waals surface area (Å²) in [7, 11) is 0. The normalized spacial score (nSPS) is 15.4. The Labute approximate surface area is 88.7 Å². The Morgan fingerprint density at radius 3 is 2.60 bits per heavy atom. The summed E-state index contributed by atoms with van der Waals surface area (Å²) in [5.74, 6) is -0.00578. The molecule has 1 aliphatic rings. The standard InChI is InChI=1S/C12H12N2O/c1-3-10-8-12(15)14(13-10)11-6-4-9(2)5-7-11/h3-7H,1,8H2,2H3. The summed E-state index contributed by atoms with van der Waals surface area (Å²) >= 11 is 0. The molecule has 0 aromatic heterocycles. The number of carbonyl (C=O) groups excluding carboxylic acids is 1. The van der Waals surface area contributed by atoms with Crippen LogP contribution < -0.4 is 5.01 Å². The Kier molecular flexibility index (Phi) is 2.37. The topological polar surface area (TPSA) is 32.7 Å². The van der Waals surface area contributed by atoms with Gasteiger partial charge in [-0.1, -0.05) is 24.3 Å². The van der Waals surface area contributed by atoms with Crippen LogP contribution in [0, 0.1) is 6.92 Å². The molecule has 0 unspecified atom stereocenters. The van der Waals surface area contributed by atoms with Crippen molar-refractivity contribution in [2.24, 2.45) is 5.10 Å². The molecule has 1 aliphatic heterocycles. The van der Waals surface area contributed by atoms with Crippen LogP contribution in [-0.2, 0) is 4.79 Å². The zero-order valence-electron chi connectivity index (χ0n) is 8.60. The molecule has 0 spiro atoms. The Hall–Kier alpha value is -1.90. The second-order valence-corrected chi connectivity index (χ2v) is 3.51. The molecule has 0 bridgehead atoms. The first kappa shape index (κ1) is 9.65. The van der Waals surface area contributed by atoms with Gasteiger partial charge in [-0.3, -0.25) is 4.79 Å². The van der Waals surface area contributed by atoms with Crippen molar-refractivity contribution >= 4 is 17.3 Å². The molecule has 2 rings (SSSR count). The van der Waals surface area contributed by atoms with Gasteiger partial charge >= 0.3 is 0 Å². The number of benzene rings is 1. The molecular formula is C12H12N2O. The maximum atomic E-state index is 11.6. The summed E-state index contributed by atoms with van der Waals surface area (Å²) in [5.41, 5.74) is 2.70. The van der Waals surface area contributed by atoms with Gasteiger partial charge in [0, 0.05) is 0 Å². The average molecular weight is 200 g/mol. The fraction of sp³-hybridized carbons (Fsp3) is 0.167. The number of nitrogens with zero attached hydrogens (tertiary/aromatic N) is 2. The molecule has 0 saturated carbocycles. The maximum Gasteiger partial charge on any atom is 0.253 e. The van der Waals surface area contributed by atoms with Crippen LogP contribution in [0.5, 0.6) is 0 Å². The van der Waals surface area contributed by atoms with Gasteiger partial charge in [0.05, 0.1) is 17.8 Å². The molecule has 0 saturated heterocycles. The second-order valence-electron chi connectivity index (χ2n) is 3.51. The minimum absolute atomic E-state index is 0.00578. The second kappa shape index (κ2) is 3.69. The van der Waals surface area contributed by atoms with Crippen LogP contribution in [0.2, 0.25) is 0 Å². The van der Waals surface area contributed by atoms with E-state index in [4.69, 9.17) is 0 Å². The first-order valence-electron chi connectivity index (χ1n) is 4.80. The van der Waals surface area contributed by atoms with E-state index in [1.165, 1.54) is 10.6 Å². The molecule has 3 heteroatoms. The molecule has 15 heavy (non-hydrogen) atoms. The van der Waals surface area contributed by atoms with Gasteiger partial charge in [0.1, 0.15) is 0 Å². The predicted molar refractivity (Wildman–Crippen MR) is 60.9 cm³/mol. The van der Waals surface area contributed by atoms with Crippen molar-refractivity contribution < 1.29 is 4.79 Å². The van der Waals surface area contributed by atoms with Crippen LogP contribution in [0.4, 0.5) is 5.69 Å². The maximum absolute atomic E-state index is 11.6. The fourth-order valence-electron chi connectivity index (χ4n) is 1.45. The van der Waals surface area contributed by atoms with Crippen LogP contribution >= 0.6 is 0 Å². The molecule has 0 N–H and O–H groups in total. The van der Waals surface area contributed by atoms with Crippen LogP contribution in [0.1, 0.15) is 12.0 Å². The number of allylic oxidation sites excluding steroid dienone is 1. The third kappa shape index (κ3) is 1.81.